The van der Waals surface area contributed by atoms with Crippen LogP contribution in [0.5, 0.6) is 5.75 Å². The molecular formula is C19H20N4O2. The molecule has 0 spiro atoms. The Kier molecular flexibility index (Phi) is 5.41. The summed E-state index contributed by atoms with van der Waals surface area (Å²) >= 11 is 0. The molecule has 0 atom stereocenters. The van der Waals surface area contributed by atoms with Crippen LogP contribution in [0.25, 0.3) is 0 Å². The average Bonchev–Trinajstić information content (AvgIpc) is 3.07. The van der Waals surface area contributed by atoms with Gasteiger partial charge in [0.05, 0.1) is 0 Å². The van der Waals surface area contributed by atoms with Gasteiger partial charge in [0, 0.05) is 31.2 Å². The summed E-state index contributed by atoms with van der Waals surface area (Å²) in [5.74, 6) is 0.997. The minimum atomic E-state index is -0.234. The summed E-state index contributed by atoms with van der Waals surface area (Å²) in [5.41, 5.74) is 2.19. The van der Waals surface area contributed by atoms with Gasteiger partial charge in [-0.3, -0.25) is 14.5 Å². The van der Waals surface area contributed by atoms with E-state index in [0.29, 0.717) is 11.6 Å². The first-order valence-electron chi connectivity index (χ1n) is 8.11. The fraction of sp³-hybridized carbons (Fsp3) is 0.211. The first kappa shape index (κ1) is 16.7. The first-order chi connectivity index (χ1) is 12.2. The molecule has 128 valence electrons. The summed E-state index contributed by atoms with van der Waals surface area (Å²) in [4.78, 5) is 16.0. The number of amides is 1. The van der Waals surface area contributed by atoms with E-state index in [2.05, 4.69) is 15.4 Å². The Morgan fingerprint density at radius 3 is 2.76 bits per heavy atom. The van der Waals surface area contributed by atoms with Crippen molar-refractivity contribution in [3.8, 4) is 5.75 Å². The van der Waals surface area contributed by atoms with Crippen LogP contribution in [0.1, 0.15) is 11.1 Å². The highest BCUT2D eigenvalue weighted by Crippen LogP contribution is 2.16. The van der Waals surface area contributed by atoms with Crippen molar-refractivity contribution in [2.24, 2.45) is 0 Å². The Bertz CT molecular complexity index is 830. The highest BCUT2D eigenvalue weighted by Gasteiger charge is 2.07. The van der Waals surface area contributed by atoms with Crippen molar-refractivity contribution in [2.75, 3.05) is 11.9 Å². The molecule has 2 aromatic heterocycles. The second-order valence-corrected chi connectivity index (χ2v) is 5.67. The maximum absolute atomic E-state index is 12.0. The number of aryl methyl sites for hydroxylation is 3. The van der Waals surface area contributed by atoms with Gasteiger partial charge in [-0.1, -0.05) is 18.2 Å². The van der Waals surface area contributed by atoms with Gasteiger partial charge in [-0.15, -0.1) is 0 Å². The topological polar surface area (TPSA) is 69.0 Å². The van der Waals surface area contributed by atoms with E-state index < -0.39 is 0 Å². The number of rotatable bonds is 7. The number of hydrogen-bond acceptors (Lipinski definition) is 4. The molecule has 0 saturated carbocycles. The Morgan fingerprint density at radius 1 is 1.16 bits per heavy atom. The lowest BCUT2D eigenvalue weighted by Crippen LogP contribution is -2.20. The Balaban J connectivity index is 1.47. The summed E-state index contributed by atoms with van der Waals surface area (Å²) < 4.78 is 7.33. The van der Waals surface area contributed by atoms with Gasteiger partial charge in [-0.2, -0.15) is 5.10 Å². The Morgan fingerprint density at radius 2 is 1.96 bits per heavy atom. The van der Waals surface area contributed by atoms with E-state index in [-0.39, 0.29) is 12.5 Å². The molecule has 0 fully saturated rings. The largest absolute Gasteiger partial charge is 0.483 e. The van der Waals surface area contributed by atoms with Crippen LogP contribution in [-0.2, 0) is 17.8 Å². The average molecular weight is 336 g/mol. The lowest BCUT2D eigenvalue weighted by molar-refractivity contribution is -0.118. The van der Waals surface area contributed by atoms with Crippen molar-refractivity contribution in [1.82, 2.24) is 14.8 Å². The Labute approximate surface area is 146 Å². The fourth-order valence-electron chi connectivity index (χ4n) is 2.39. The summed E-state index contributed by atoms with van der Waals surface area (Å²) in [6.07, 6.45) is 6.25. The molecule has 0 radical (unpaired) electrons. The molecule has 6 heteroatoms. The van der Waals surface area contributed by atoms with Gasteiger partial charge >= 0.3 is 0 Å². The number of nitrogens with zero attached hydrogens (tertiary/aromatic N) is 3. The molecule has 3 rings (SSSR count). The third-order valence-corrected chi connectivity index (χ3v) is 3.74. The molecule has 2 heterocycles. The second-order valence-electron chi connectivity index (χ2n) is 5.67. The summed E-state index contributed by atoms with van der Waals surface area (Å²) in [5, 5.41) is 7.10. The van der Waals surface area contributed by atoms with Crippen molar-refractivity contribution in [1.29, 1.82) is 0 Å². The van der Waals surface area contributed by atoms with Gasteiger partial charge in [-0.05, 0) is 42.7 Å². The summed E-state index contributed by atoms with van der Waals surface area (Å²) in [7, 11) is 0. The van der Waals surface area contributed by atoms with Crippen molar-refractivity contribution >= 4 is 11.7 Å². The van der Waals surface area contributed by atoms with E-state index in [0.717, 1.165) is 18.5 Å². The minimum Gasteiger partial charge on any atom is -0.483 e. The molecule has 3 aromatic rings. The number of pyridine rings is 1. The van der Waals surface area contributed by atoms with E-state index in [9.17, 15) is 4.79 Å². The minimum absolute atomic E-state index is 0.0469. The quantitative estimate of drug-likeness (QED) is 0.720. The standard InChI is InChI=1S/C19H20N4O2/c1-15-4-2-3-5-17(15)25-14-19(24)21-18-9-13-23(22-18)12-8-16-6-10-20-11-7-16/h2-7,9-11,13H,8,12,14H2,1H3,(H,21,22,24). The normalized spacial score (nSPS) is 10.4. The van der Waals surface area contributed by atoms with E-state index >= 15 is 0 Å². The Hall–Kier alpha value is -3.15. The van der Waals surface area contributed by atoms with Crippen LogP contribution >= 0.6 is 0 Å². The van der Waals surface area contributed by atoms with Crippen molar-refractivity contribution < 1.29 is 9.53 Å². The molecular weight excluding hydrogens is 316 g/mol. The van der Waals surface area contributed by atoms with Gasteiger partial charge in [0.15, 0.2) is 12.4 Å². The third kappa shape index (κ3) is 4.91. The summed E-state index contributed by atoms with van der Waals surface area (Å²) in [6.45, 7) is 2.63. The number of benzene rings is 1. The molecule has 0 aliphatic carbocycles. The molecule has 1 aromatic carbocycles. The number of aromatic nitrogens is 3. The van der Waals surface area contributed by atoms with Gasteiger partial charge in [0.25, 0.3) is 5.91 Å². The van der Waals surface area contributed by atoms with Crippen LogP contribution in [-0.4, -0.2) is 27.3 Å². The lowest BCUT2D eigenvalue weighted by atomic mass is 10.2. The SMILES string of the molecule is Cc1ccccc1OCC(=O)Nc1ccn(CCc2ccncc2)n1. The molecule has 1 N–H and O–H groups in total. The zero-order valence-corrected chi connectivity index (χ0v) is 14.1. The monoisotopic (exact) mass is 336 g/mol. The number of ether oxygens (including phenoxy) is 1. The lowest BCUT2D eigenvalue weighted by Gasteiger charge is -2.08. The molecule has 6 nitrogen and oxygen atoms in total. The molecule has 0 saturated heterocycles. The maximum Gasteiger partial charge on any atom is 0.263 e. The predicted molar refractivity (Wildman–Crippen MR) is 95.5 cm³/mol. The van der Waals surface area contributed by atoms with Crippen molar-refractivity contribution in [3.63, 3.8) is 0 Å². The van der Waals surface area contributed by atoms with E-state index in [4.69, 9.17) is 4.74 Å². The predicted octanol–water partition coefficient (Wildman–Crippen LogP) is 2.85. The number of para-hydroxylation sites is 1. The van der Waals surface area contributed by atoms with Crippen LogP contribution in [0.2, 0.25) is 0 Å². The van der Waals surface area contributed by atoms with Crippen LogP contribution < -0.4 is 10.1 Å². The number of carbonyl (C=O) groups is 1. The molecule has 0 bridgehead atoms. The van der Waals surface area contributed by atoms with Gasteiger partial charge in [0.1, 0.15) is 5.75 Å². The van der Waals surface area contributed by atoms with Gasteiger partial charge < -0.3 is 10.1 Å². The van der Waals surface area contributed by atoms with Crippen LogP contribution in [0, 0.1) is 6.92 Å². The van der Waals surface area contributed by atoms with E-state index in [1.807, 2.05) is 49.5 Å². The first-order valence-corrected chi connectivity index (χ1v) is 8.11. The van der Waals surface area contributed by atoms with Crippen molar-refractivity contribution in [3.05, 3.63) is 72.2 Å². The van der Waals surface area contributed by atoms with Gasteiger partial charge in [0.2, 0.25) is 0 Å². The maximum atomic E-state index is 12.0. The third-order valence-electron chi connectivity index (χ3n) is 3.74. The molecule has 0 unspecified atom stereocenters. The van der Waals surface area contributed by atoms with Crippen molar-refractivity contribution in [2.45, 2.75) is 19.9 Å². The number of hydrogen-bond donors (Lipinski definition) is 1. The number of carbonyl (C=O) groups excluding carboxylic acids is 1. The molecule has 1 amide bonds. The zero-order valence-electron chi connectivity index (χ0n) is 14.1. The van der Waals surface area contributed by atoms with Crippen LogP contribution in [0.3, 0.4) is 0 Å². The zero-order chi connectivity index (χ0) is 17.5. The fourth-order valence-corrected chi connectivity index (χ4v) is 2.39. The highest BCUT2D eigenvalue weighted by atomic mass is 16.5. The van der Waals surface area contributed by atoms with E-state index in [1.165, 1.54) is 5.56 Å². The smallest absolute Gasteiger partial charge is 0.263 e. The molecule has 0 aliphatic heterocycles. The number of anilines is 1. The summed E-state index contributed by atoms with van der Waals surface area (Å²) in [6, 6.07) is 13.3. The molecule has 0 aliphatic rings. The van der Waals surface area contributed by atoms with Crippen LogP contribution in [0.4, 0.5) is 5.82 Å². The highest BCUT2D eigenvalue weighted by molar-refractivity contribution is 5.90. The second kappa shape index (κ2) is 8.10. The van der Waals surface area contributed by atoms with Gasteiger partial charge in [-0.25, -0.2) is 0 Å². The van der Waals surface area contributed by atoms with E-state index in [1.54, 1.807) is 23.1 Å². The number of nitrogens with one attached hydrogen (secondary N) is 1. The molecule has 25 heavy (non-hydrogen) atoms. The van der Waals surface area contributed by atoms with Crippen LogP contribution in [0.15, 0.2) is 61.1 Å².